The molecule has 1 aromatic carbocycles. The third-order valence-electron chi connectivity index (χ3n) is 4.10. The molecule has 4 nitrogen and oxygen atoms in total. The van der Waals surface area contributed by atoms with Gasteiger partial charge in [0.1, 0.15) is 0 Å². The van der Waals surface area contributed by atoms with Gasteiger partial charge >= 0.3 is 0 Å². The minimum atomic E-state index is 0.311. The Balaban J connectivity index is 1.53. The lowest BCUT2D eigenvalue weighted by Gasteiger charge is -2.20. The predicted molar refractivity (Wildman–Crippen MR) is 98.4 cm³/mol. The fraction of sp³-hybridized carbons (Fsp3) is 0.556. The van der Waals surface area contributed by atoms with E-state index in [1.54, 1.807) is 0 Å². The summed E-state index contributed by atoms with van der Waals surface area (Å²) >= 11 is 5.28. The van der Waals surface area contributed by atoms with Gasteiger partial charge in [-0.05, 0) is 43.5 Å². The highest BCUT2D eigenvalue weighted by Gasteiger charge is 2.15. The highest BCUT2D eigenvalue weighted by Crippen LogP contribution is 2.11. The molecule has 0 saturated carbocycles. The molecule has 2 rings (SSSR count). The summed E-state index contributed by atoms with van der Waals surface area (Å²) in [6, 6.07) is 10.4. The molecule has 1 aromatic rings. The molecular weight excluding hydrogens is 306 g/mol. The van der Waals surface area contributed by atoms with E-state index >= 15 is 0 Å². The lowest BCUT2D eigenvalue weighted by molar-refractivity contribution is -0.130. The van der Waals surface area contributed by atoms with Gasteiger partial charge in [0.05, 0.1) is 0 Å². The van der Waals surface area contributed by atoms with Crippen LogP contribution < -0.4 is 10.6 Å². The van der Waals surface area contributed by atoms with Crippen molar-refractivity contribution in [3.05, 3.63) is 35.9 Å². The fourth-order valence-electron chi connectivity index (χ4n) is 2.77. The molecule has 1 saturated heterocycles. The second-order valence-electron chi connectivity index (χ2n) is 5.96. The fourth-order valence-corrected chi connectivity index (χ4v) is 2.98. The smallest absolute Gasteiger partial charge is 0.222 e. The average Bonchev–Trinajstić information content (AvgIpc) is 2.77. The average molecular weight is 334 g/mol. The van der Waals surface area contributed by atoms with Crippen LogP contribution in [0.1, 0.15) is 37.7 Å². The van der Waals surface area contributed by atoms with Crippen molar-refractivity contribution >= 4 is 23.2 Å². The molecule has 0 unspecified atom stereocenters. The van der Waals surface area contributed by atoms with Gasteiger partial charge in [-0.15, -0.1) is 0 Å². The number of likely N-dealkylation sites (tertiary alicyclic amines) is 1. The Kier molecular flexibility index (Phi) is 7.87. The second-order valence-corrected chi connectivity index (χ2v) is 6.37. The molecule has 5 heteroatoms. The van der Waals surface area contributed by atoms with Crippen molar-refractivity contribution < 1.29 is 4.79 Å². The maximum atomic E-state index is 11.9. The monoisotopic (exact) mass is 333 g/mol. The number of nitrogens with one attached hydrogen (secondary N) is 2. The van der Waals surface area contributed by atoms with Crippen LogP contribution in [-0.2, 0) is 11.2 Å². The zero-order valence-electron chi connectivity index (χ0n) is 13.7. The zero-order chi connectivity index (χ0) is 16.3. The van der Waals surface area contributed by atoms with Crippen molar-refractivity contribution in [2.75, 3.05) is 26.2 Å². The molecule has 23 heavy (non-hydrogen) atoms. The Morgan fingerprint density at radius 1 is 1.09 bits per heavy atom. The van der Waals surface area contributed by atoms with E-state index in [-0.39, 0.29) is 0 Å². The SMILES string of the molecule is O=C1CCCCCN1CCCNC(=S)NCCc1ccccc1. The van der Waals surface area contributed by atoms with Crippen molar-refractivity contribution in [2.24, 2.45) is 0 Å². The molecule has 126 valence electrons. The maximum absolute atomic E-state index is 11.9. The molecular formula is C18H27N3OS. The third kappa shape index (κ3) is 6.99. The molecule has 1 aliphatic rings. The molecule has 1 fully saturated rings. The van der Waals surface area contributed by atoms with Gasteiger partial charge in [-0.2, -0.15) is 0 Å². The van der Waals surface area contributed by atoms with E-state index in [9.17, 15) is 4.79 Å². The van der Waals surface area contributed by atoms with Gasteiger partial charge in [0.15, 0.2) is 5.11 Å². The molecule has 0 radical (unpaired) electrons. The number of rotatable bonds is 7. The molecule has 1 aliphatic heterocycles. The van der Waals surface area contributed by atoms with Crippen molar-refractivity contribution in [1.82, 2.24) is 15.5 Å². The van der Waals surface area contributed by atoms with Crippen molar-refractivity contribution in [2.45, 2.75) is 38.5 Å². The van der Waals surface area contributed by atoms with Gasteiger partial charge in [0.25, 0.3) is 0 Å². The van der Waals surface area contributed by atoms with Crippen LogP contribution >= 0.6 is 12.2 Å². The number of nitrogens with zero attached hydrogens (tertiary/aromatic N) is 1. The van der Waals surface area contributed by atoms with E-state index in [1.165, 1.54) is 12.0 Å². The summed E-state index contributed by atoms with van der Waals surface area (Å²) in [7, 11) is 0. The summed E-state index contributed by atoms with van der Waals surface area (Å²) in [4.78, 5) is 13.9. The Hall–Kier alpha value is -1.62. The lowest BCUT2D eigenvalue weighted by atomic mass is 10.1. The van der Waals surface area contributed by atoms with Gasteiger partial charge in [-0.25, -0.2) is 0 Å². The van der Waals surface area contributed by atoms with Gasteiger partial charge < -0.3 is 15.5 Å². The highest BCUT2D eigenvalue weighted by molar-refractivity contribution is 7.80. The van der Waals surface area contributed by atoms with E-state index < -0.39 is 0 Å². The minimum absolute atomic E-state index is 0.311. The van der Waals surface area contributed by atoms with E-state index in [4.69, 9.17) is 12.2 Å². The van der Waals surface area contributed by atoms with E-state index in [2.05, 4.69) is 34.9 Å². The normalized spacial score (nSPS) is 15.1. The molecule has 0 spiro atoms. The van der Waals surface area contributed by atoms with Gasteiger partial charge in [0.2, 0.25) is 5.91 Å². The van der Waals surface area contributed by atoms with E-state index in [1.807, 2.05) is 11.0 Å². The number of hydrogen-bond donors (Lipinski definition) is 2. The molecule has 0 aliphatic carbocycles. The highest BCUT2D eigenvalue weighted by atomic mass is 32.1. The van der Waals surface area contributed by atoms with Gasteiger partial charge in [-0.1, -0.05) is 36.8 Å². The van der Waals surface area contributed by atoms with Crippen LogP contribution in [0.3, 0.4) is 0 Å². The van der Waals surface area contributed by atoms with Crippen LogP contribution in [0, 0.1) is 0 Å². The second kappa shape index (κ2) is 10.2. The summed E-state index contributed by atoms with van der Waals surface area (Å²) in [6.07, 6.45) is 5.97. The van der Waals surface area contributed by atoms with Crippen LogP contribution in [0.2, 0.25) is 0 Å². The Morgan fingerprint density at radius 2 is 1.87 bits per heavy atom. The molecule has 1 heterocycles. The summed E-state index contributed by atoms with van der Waals surface area (Å²) in [5, 5.41) is 7.15. The van der Waals surface area contributed by atoms with Crippen LogP contribution in [0.15, 0.2) is 30.3 Å². The number of thiocarbonyl (C=S) groups is 1. The molecule has 1 amide bonds. The van der Waals surface area contributed by atoms with Crippen molar-refractivity contribution in [1.29, 1.82) is 0 Å². The maximum Gasteiger partial charge on any atom is 0.222 e. The number of carbonyl (C=O) groups is 1. The van der Waals surface area contributed by atoms with Crippen molar-refractivity contribution in [3.8, 4) is 0 Å². The van der Waals surface area contributed by atoms with Gasteiger partial charge in [-0.3, -0.25) is 4.79 Å². The Labute approximate surface area is 144 Å². The zero-order valence-corrected chi connectivity index (χ0v) is 14.5. The van der Waals surface area contributed by atoms with Crippen molar-refractivity contribution in [3.63, 3.8) is 0 Å². The summed E-state index contributed by atoms with van der Waals surface area (Å²) in [5.74, 6) is 0.311. The van der Waals surface area contributed by atoms with E-state index in [0.29, 0.717) is 17.4 Å². The van der Waals surface area contributed by atoms with Gasteiger partial charge in [0, 0.05) is 32.6 Å². The first-order valence-corrected chi connectivity index (χ1v) is 9.00. The largest absolute Gasteiger partial charge is 0.363 e. The third-order valence-corrected chi connectivity index (χ3v) is 4.39. The molecule has 0 atom stereocenters. The quantitative estimate of drug-likeness (QED) is 0.594. The number of benzene rings is 1. The van der Waals surface area contributed by atoms with Crippen LogP contribution in [0.5, 0.6) is 0 Å². The number of hydrogen-bond acceptors (Lipinski definition) is 2. The summed E-state index contributed by atoms with van der Waals surface area (Å²) in [5.41, 5.74) is 1.31. The first-order valence-electron chi connectivity index (χ1n) is 8.59. The number of amides is 1. The van der Waals surface area contributed by atoms with Crippen LogP contribution in [-0.4, -0.2) is 42.1 Å². The standard InChI is InChI=1S/C18H27N3OS/c22-17-10-5-2-6-14-21(17)15-7-12-19-18(23)20-13-11-16-8-3-1-4-9-16/h1,3-4,8-9H,2,5-7,10-15H2,(H2,19,20,23). The molecule has 0 aromatic heterocycles. The van der Waals surface area contributed by atoms with Crippen LogP contribution in [0.25, 0.3) is 0 Å². The summed E-state index contributed by atoms with van der Waals surface area (Å²) in [6.45, 7) is 3.39. The predicted octanol–water partition coefficient (Wildman–Crippen LogP) is 2.49. The van der Waals surface area contributed by atoms with E-state index in [0.717, 1.165) is 51.9 Å². The topological polar surface area (TPSA) is 44.4 Å². The minimum Gasteiger partial charge on any atom is -0.363 e. The lowest BCUT2D eigenvalue weighted by Crippen LogP contribution is -2.38. The first kappa shape index (κ1) is 17.7. The molecule has 0 bridgehead atoms. The van der Waals surface area contributed by atoms with Crippen LogP contribution in [0.4, 0.5) is 0 Å². The number of carbonyl (C=O) groups excluding carboxylic acids is 1. The summed E-state index contributed by atoms with van der Waals surface area (Å²) < 4.78 is 0. The first-order chi connectivity index (χ1) is 11.3. The molecule has 2 N–H and O–H groups in total. The Bertz CT molecular complexity index is 492. The Morgan fingerprint density at radius 3 is 2.70 bits per heavy atom.